The average molecular weight is 485 g/mol. The van der Waals surface area contributed by atoms with Crippen LogP contribution in [0.3, 0.4) is 0 Å². The number of benzene rings is 1. The Morgan fingerprint density at radius 3 is 2.70 bits per heavy atom. The Morgan fingerprint density at radius 1 is 1.21 bits per heavy atom. The molecule has 172 valence electrons. The Balaban J connectivity index is 1.97. The number of methoxy groups -OCH3 is 1. The Hall–Kier alpha value is -3.17. The van der Waals surface area contributed by atoms with Gasteiger partial charge in [-0.3, -0.25) is 9.36 Å². The second-order valence-corrected chi connectivity index (χ2v) is 8.99. The van der Waals surface area contributed by atoms with Gasteiger partial charge in [-0.15, -0.1) is 0 Å². The van der Waals surface area contributed by atoms with Crippen LogP contribution >= 0.6 is 22.7 Å². The van der Waals surface area contributed by atoms with Gasteiger partial charge in [0.25, 0.3) is 5.56 Å². The highest BCUT2D eigenvalue weighted by Gasteiger charge is 2.33. The quantitative estimate of drug-likeness (QED) is 0.481. The van der Waals surface area contributed by atoms with Crippen LogP contribution in [0.5, 0.6) is 11.5 Å². The minimum absolute atomic E-state index is 0.210. The van der Waals surface area contributed by atoms with Gasteiger partial charge >= 0.3 is 5.97 Å². The fourth-order valence-corrected chi connectivity index (χ4v) is 5.41. The number of rotatable bonds is 7. The molecule has 0 saturated heterocycles. The van der Waals surface area contributed by atoms with Crippen molar-refractivity contribution >= 4 is 34.7 Å². The van der Waals surface area contributed by atoms with Gasteiger partial charge in [0.15, 0.2) is 16.3 Å². The van der Waals surface area contributed by atoms with Crippen LogP contribution in [0.2, 0.25) is 0 Å². The molecular weight excluding hydrogens is 460 g/mol. The van der Waals surface area contributed by atoms with E-state index in [9.17, 15) is 9.59 Å². The molecule has 9 heteroatoms. The van der Waals surface area contributed by atoms with Crippen LogP contribution in [-0.4, -0.2) is 30.9 Å². The lowest BCUT2D eigenvalue weighted by Crippen LogP contribution is -2.39. The van der Waals surface area contributed by atoms with E-state index < -0.39 is 12.0 Å². The number of thiophene rings is 1. The predicted molar refractivity (Wildman–Crippen MR) is 129 cm³/mol. The zero-order valence-electron chi connectivity index (χ0n) is 18.8. The summed E-state index contributed by atoms with van der Waals surface area (Å²) in [5.74, 6) is 0.615. The molecule has 0 spiro atoms. The molecule has 0 bridgehead atoms. The lowest BCUT2D eigenvalue weighted by atomic mass is 9.95. The molecule has 0 unspecified atom stereocenters. The van der Waals surface area contributed by atoms with E-state index in [1.165, 1.54) is 11.3 Å². The SMILES string of the molecule is CCOC(=O)C1=C(C)N=c2s/c(=C/c3ccsc3)c(=O)n2[C@H]1c1ccc(OC)c(OCC)c1. The maximum Gasteiger partial charge on any atom is 0.338 e. The van der Waals surface area contributed by atoms with Crippen molar-refractivity contribution < 1.29 is 19.0 Å². The summed E-state index contributed by atoms with van der Waals surface area (Å²) < 4.78 is 18.6. The van der Waals surface area contributed by atoms with E-state index >= 15 is 0 Å². The van der Waals surface area contributed by atoms with Gasteiger partial charge in [-0.2, -0.15) is 11.3 Å². The molecule has 0 amide bonds. The molecule has 1 atom stereocenters. The summed E-state index contributed by atoms with van der Waals surface area (Å²) in [5.41, 5.74) is 2.30. The lowest BCUT2D eigenvalue weighted by Gasteiger charge is -2.25. The Labute approximate surface area is 198 Å². The van der Waals surface area contributed by atoms with Crippen LogP contribution in [0.25, 0.3) is 6.08 Å². The van der Waals surface area contributed by atoms with Crippen molar-refractivity contribution in [3.05, 3.63) is 77.1 Å². The second-order valence-electron chi connectivity index (χ2n) is 7.20. The molecule has 1 aromatic carbocycles. The number of thiazole rings is 1. The van der Waals surface area contributed by atoms with Gasteiger partial charge in [0, 0.05) is 0 Å². The second kappa shape index (κ2) is 9.76. The number of aromatic nitrogens is 1. The third-order valence-corrected chi connectivity index (χ3v) is 6.85. The third-order valence-electron chi connectivity index (χ3n) is 5.16. The molecule has 0 fully saturated rings. The first-order valence-electron chi connectivity index (χ1n) is 10.5. The number of ether oxygens (including phenoxy) is 3. The molecule has 0 radical (unpaired) electrons. The van der Waals surface area contributed by atoms with Gasteiger partial charge in [0.05, 0.1) is 42.2 Å². The number of carbonyl (C=O) groups is 1. The highest BCUT2D eigenvalue weighted by Crippen LogP contribution is 2.36. The molecule has 0 aliphatic carbocycles. The molecule has 3 aromatic rings. The standard InChI is InChI=1S/C24H24N2O5S2/c1-5-30-18-12-16(7-8-17(18)29-4)21-20(23(28)31-6-2)14(3)25-24-26(21)22(27)19(33-24)11-15-9-10-32-13-15/h7-13,21H,5-6H2,1-4H3/b19-11+/t21-/m0/s1. The normalized spacial score (nSPS) is 15.8. The number of hydrogen-bond donors (Lipinski definition) is 0. The van der Waals surface area contributed by atoms with E-state index in [4.69, 9.17) is 14.2 Å². The predicted octanol–water partition coefficient (Wildman–Crippen LogP) is 3.27. The number of esters is 1. The topological polar surface area (TPSA) is 79.1 Å². The van der Waals surface area contributed by atoms with Gasteiger partial charge < -0.3 is 14.2 Å². The van der Waals surface area contributed by atoms with Crippen LogP contribution in [0.1, 0.15) is 37.9 Å². The number of hydrogen-bond acceptors (Lipinski definition) is 8. The first-order valence-corrected chi connectivity index (χ1v) is 12.3. The van der Waals surface area contributed by atoms with Crippen molar-refractivity contribution in [3.8, 4) is 11.5 Å². The smallest absolute Gasteiger partial charge is 0.338 e. The molecule has 7 nitrogen and oxygen atoms in total. The van der Waals surface area contributed by atoms with Crippen LogP contribution in [0, 0.1) is 0 Å². The summed E-state index contributed by atoms with van der Waals surface area (Å²) in [5, 5.41) is 3.93. The van der Waals surface area contributed by atoms with Gasteiger partial charge in [0.2, 0.25) is 0 Å². The van der Waals surface area contributed by atoms with Gasteiger partial charge in [-0.25, -0.2) is 9.79 Å². The summed E-state index contributed by atoms with van der Waals surface area (Å²) in [6.45, 7) is 6.07. The fraction of sp³-hybridized carbons (Fsp3) is 0.292. The maximum atomic E-state index is 13.5. The van der Waals surface area contributed by atoms with Crippen molar-refractivity contribution in [1.82, 2.24) is 4.57 Å². The molecule has 3 heterocycles. The first kappa shape index (κ1) is 23.0. The van der Waals surface area contributed by atoms with Crippen molar-refractivity contribution in [2.75, 3.05) is 20.3 Å². The summed E-state index contributed by atoms with van der Waals surface area (Å²) >= 11 is 2.86. The van der Waals surface area contributed by atoms with E-state index in [1.54, 1.807) is 49.0 Å². The zero-order chi connectivity index (χ0) is 23.5. The fourth-order valence-electron chi connectivity index (χ4n) is 3.75. The summed E-state index contributed by atoms with van der Waals surface area (Å²) in [4.78, 5) is 31.7. The van der Waals surface area contributed by atoms with Crippen LogP contribution in [0.15, 0.2) is 56.1 Å². The average Bonchev–Trinajstić information content (AvgIpc) is 3.41. The Morgan fingerprint density at radius 2 is 2.03 bits per heavy atom. The van der Waals surface area contributed by atoms with Crippen molar-refractivity contribution in [1.29, 1.82) is 0 Å². The monoisotopic (exact) mass is 484 g/mol. The highest BCUT2D eigenvalue weighted by molar-refractivity contribution is 7.08. The van der Waals surface area contributed by atoms with Crippen molar-refractivity contribution in [2.24, 2.45) is 4.99 Å². The van der Waals surface area contributed by atoms with E-state index in [2.05, 4.69) is 4.99 Å². The Bertz CT molecular complexity index is 1380. The van der Waals surface area contributed by atoms with Gasteiger partial charge in [-0.05, 0) is 66.9 Å². The maximum absolute atomic E-state index is 13.5. The van der Waals surface area contributed by atoms with E-state index in [1.807, 2.05) is 35.9 Å². The van der Waals surface area contributed by atoms with Crippen molar-refractivity contribution in [3.63, 3.8) is 0 Å². The minimum atomic E-state index is -0.699. The third kappa shape index (κ3) is 4.38. The molecule has 33 heavy (non-hydrogen) atoms. The number of fused-ring (bicyclic) bond motifs is 1. The molecule has 0 saturated carbocycles. The van der Waals surface area contributed by atoms with Crippen LogP contribution in [-0.2, 0) is 9.53 Å². The lowest BCUT2D eigenvalue weighted by molar-refractivity contribution is -0.139. The van der Waals surface area contributed by atoms with Gasteiger partial charge in [0.1, 0.15) is 0 Å². The minimum Gasteiger partial charge on any atom is -0.493 e. The number of allylic oxidation sites excluding steroid dienone is 1. The molecule has 2 aromatic heterocycles. The van der Waals surface area contributed by atoms with E-state index in [0.29, 0.717) is 44.3 Å². The van der Waals surface area contributed by atoms with E-state index in [0.717, 1.165) is 5.56 Å². The first-order chi connectivity index (χ1) is 16.0. The summed E-state index contributed by atoms with van der Waals surface area (Å²) in [6.07, 6.45) is 1.85. The Kier molecular flexibility index (Phi) is 6.80. The molecular formula is C24H24N2O5S2. The number of carbonyl (C=O) groups excluding carboxylic acids is 1. The van der Waals surface area contributed by atoms with Crippen LogP contribution in [0.4, 0.5) is 0 Å². The van der Waals surface area contributed by atoms with Crippen LogP contribution < -0.4 is 24.4 Å². The zero-order valence-corrected chi connectivity index (χ0v) is 20.4. The number of nitrogens with zero attached hydrogens (tertiary/aromatic N) is 2. The molecule has 1 aliphatic rings. The summed E-state index contributed by atoms with van der Waals surface area (Å²) in [6, 6.07) is 6.67. The highest BCUT2D eigenvalue weighted by atomic mass is 32.1. The van der Waals surface area contributed by atoms with Gasteiger partial charge in [-0.1, -0.05) is 17.4 Å². The largest absolute Gasteiger partial charge is 0.493 e. The van der Waals surface area contributed by atoms with Crippen molar-refractivity contribution in [2.45, 2.75) is 26.8 Å². The molecule has 4 rings (SSSR count). The molecule has 1 aliphatic heterocycles. The van der Waals surface area contributed by atoms with E-state index in [-0.39, 0.29) is 12.2 Å². The summed E-state index contributed by atoms with van der Waals surface area (Å²) in [7, 11) is 1.57. The molecule has 0 N–H and O–H groups in total.